The summed E-state index contributed by atoms with van der Waals surface area (Å²) in [6.45, 7) is 5.27. The van der Waals surface area contributed by atoms with Crippen molar-refractivity contribution in [3.63, 3.8) is 0 Å². The van der Waals surface area contributed by atoms with Gasteiger partial charge in [-0.1, -0.05) is 5.57 Å². The molecule has 0 aromatic rings. The van der Waals surface area contributed by atoms with Gasteiger partial charge in [0.15, 0.2) is 0 Å². The summed E-state index contributed by atoms with van der Waals surface area (Å²) in [6.07, 6.45) is 8.80. The number of likely N-dealkylation sites (tertiary alicyclic amines) is 1. The average molecular weight is 333 g/mol. The van der Waals surface area contributed by atoms with Crippen molar-refractivity contribution in [3.05, 3.63) is 11.1 Å². The van der Waals surface area contributed by atoms with Crippen LogP contribution in [0.15, 0.2) is 11.1 Å². The van der Waals surface area contributed by atoms with Gasteiger partial charge in [0.2, 0.25) is 11.8 Å². The zero-order valence-corrected chi connectivity index (χ0v) is 14.9. The molecule has 0 unspecified atom stereocenters. The van der Waals surface area contributed by atoms with Crippen molar-refractivity contribution in [1.29, 1.82) is 0 Å². The van der Waals surface area contributed by atoms with E-state index < -0.39 is 0 Å². The average Bonchev–Trinajstić information content (AvgIpc) is 3.32. The maximum Gasteiger partial charge on any atom is 0.249 e. The molecule has 3 rings (SSSR count). The second-order valence-electron chi connectivity index (χ2n) is 7.59. The Morgan fingerprint density at radius 1 is 1.17 bits per heavy atom. The van der Waals surface area contributed by atoms with E-state index in [9.17, 15) is 9.59 Å². The lowest BCUT2D eigenvalue weighted by Crippen LogP contribution is -2.47. The van der Waals surface area contributed by atoms with Crippen LogP contribution >= 0.6 is 0 Å². The van der Waals surface area contributed by atoms with Gasteiger partial charge in [0, 0.05) is 25.2 Å². The van der Waals surface area contributed by atoms with Crippen molar-refractivity contribution in [2.75, 3.05) is 26.2 Å². The fourth-order valence-electron chi connectivity index (χ4n) is 4.26. The molecule has 3 fully saturated rings. The summed E-state index contributed by atoms with van der Waals surface area (Å²) in [7, 11) is 0. The molecule has 2 amide bonds. The second kappa shape index (κ2) is 8.15. The maximum absolute atomic E-state index is 12.7. The highest BCUT2D eigenvalue weighted by molar-refractivity contribution is 5.93. The third-order valence-corrected chi connectivity index (χ3v) is 5.81. The van der Waals surface area contributed by atoms with Gasteiger partial charge in [-0.2, -0.15) is 0 Å². The monoisotopic (exact) mass is 333 g/mol. The van der Waals surface area contributed by atoms with Crippen LogP contribution in [-0.4, -0.2) is 48.9 Å². The van der Waals surface area contributed by atoms with E-state index in [1.54, 1.807) is 0 Å². The third-order valence-electron chi connectivity index (χ3n) is 5.81. The van der Waals surface area contributed by atoms with Crippen LogP contribution in [0.25, 0.3) is 0 Å². The number of carbonyl (C=O) groups is 2. The number of allylic oxidation sites excluding steroid dienone is 1. The van der Waals surface area contributed by atoms with Gasteiger partial charge in [-0.25, -0.2) is 0 Å². The zero-order chi connectivity index (χ0) is 16.9. The van der Waals surface area contributed by atoms with Gasteiger partial charge in [0.05, 0.1) is 6.04 Å². The van der Waals surface area contributed by atoms with Gasteiger partial charge in [-0.05, 0) is 70.8 Å². The van der Waals surface area contributed by atoms with Gasteiger partial charge in [0.1, 0.15) is 0 Å². The largest absolute Gasteiger partial charge is 0.354 e. The SMILES string of the molecule is CC(C(=O)N1CCC[C@@H](CNC(=O)[C@@H]2CCCN2)C1)=C1CCCC1. The Kier molecular flexibility index (Phi) is 5.93. The van der Waals surface area contributed by atoms with Crippen LogP contribution in [0.1, 0.15) is 58.3 Å². The smallest absolute Gasteiger partial charge is 0.249 e. The molecule has 2 aliphatic heterocycles. The molecule has 2 saturated heterocycles. The van der Waals surface area contributed by atoms with Crippen LogP contribution in [0.4, 0.5) is 0 Å². The lowest BCUT2D eigenvalue weighted by Gasteiger charge is -2.33. The fraction of sp³-hybridized carbons (Fsp3) is 0.789. The number of carbonyl (C=O) groups excluding carboxylic acids is 2. The first-order valence-electron chi connectivity index (χ1n) is 9.64. The summed E-state index contributed by atoms with van der Waals surface area (Å²) >= 11 is 0. The first-order valence-corrected chi connectivity index (χ1v) is 9.64. The number of nitrogens with one attached hydrogen (secondary N) is 2. The van der Waals surface area contributed by atoms with Crippen LogP contribution < -0.4 is 10.6 Å². The van der Waals surface area contributed by atoms with Crippen molar-refractivity contribution in [2.24, 2.45) is 5.92 Å². The van der Waals surface area contributed by atoms with E-state index in [-0.39, 0.29) is 17.9 Å². The number of nitrogens with zero attached hydrogens (tertiary/aromatic N) is 1. The van der Waals surface area contributed by atoms with Crippen LogP contribution in [0, 0.1) is 5.92 Å². The molecule has 1 saturated carbocycles. The lowest BCUT2D eigenvalue weighted by atomic mass is 9.96. The first kappa shape index (κ1) is 17.5. The number of piperidine rings is 1. The van der Waals surface area contributed by atoms with Crippen molar-refractivity contribution in [3.8, 4) is 0 Å². The highest BCUT2D eigenvalue weighted by Gasteiger charge is 2.27. The summed E-state index contributed by atoms with van der Waals surface area (Å²) in [5.41, 5.74) is 2.34. The Labute approximate surface area is 145 Å². The van der Waals surface area contributed by atoms with Gasteiger partial charge >= 0.3 is 0 Å². The van der Waals surface area contributed by atoms with Crippen molar-refractivity contribution in [1.82, 2.24) is 15.5 Å². The summed E-state index contributed by atoms with van der Waals surface area (Å²) in [5.74, 6) is 0.732. The topological polar surface area (TPSA) is 61.4 Å². The van der Waals surface area contributed by atoms with E-state index >= 15 is 0 Å². The standard InChI is InChI=1S/C19H31N3O2/c1-14(16-7-2-3-8-16)19(24)22-11-5-6-15(13-22)12-21-18(23)17-9-4-10-20-17/h15,17,20H,2-13H2,1H3,(H,21,23)/t15-,17-/m0/s1. The second-order valence-corrected chi connectivity index (χ2v) is 7.59. The molecule has 2 atom stereocenters. The summed E-state index contributed by atoms with van der Waals surface area (Å²) in [5, 5.41) is 6.32. The van der Waals surface area contributed by atoms with E-state index in [4.69, 9.17) is 0 Å². The van der Waals surface area contributed by atoms with Gasteiger partial charge in [-0.3, -0.25) is 9.59 Å². The molecule has 0 radical (unpaired) electrons. The van der Waals surface area contributed by atoms with Crippen molar-refractivity contribution < 1.29 is 9.59 Å². The summed E-state index contributed by atoms with van der Waals surface area (Å²) < 4.78 is 0. The van der Waals surface area contributed by atoms with E-state index in [2.05, 4.69) is 10.6 Å². The molecule has 0 aromatic heterocycles. The van der Waals surface area contributed by atoms with Crippen molar-refractivity contribution in [2.45, 2.75) is 64.3 Å². The maximum atomic E-state index is 12.7. The number of hydrogen-bond acceptors (Lipinski definition) is 3. The van der Waals surface area contributed by atoms with Gasteiger partial charge in [-0.15, -0.1) is 0 Å². The Morgan fingerprint density at radius 3 is 2.67 bits per heavy atom. The third kappa shape index (κ3) is 4.18. The van der Waals surface area contributed by atoms with Crippen LogP contribution in [-0.2, 0) is 9.59 Å². The molecule has 2 heterocycles. The van der Waals surface area contributed by atoms with E-state index in [0.717, 1.165) is 63.7 Å². The Hall–Kier alpha value is -1.36. The summed E-state index contributed by atoms with van der Waals surface area (Å²) in [4.78, 5) is 26.9. The molecular formula is C19H31N3O2. The quantitative estimate of drug-likeness (QED) is 0.774. The van der Waals surface area contributed by atoms with E-state index in [0.29, 0.717) is 12.5 Å². The fourth-order valence-corrected chi connectivity index (χ4v) is 4.26. The summed E-state index contributed by atoms with van der Waals surface area (Å²) in [6, 6.07) is -0.0133. The Morgan fingerprint density at radius 2 is 1.96 bits per heavy atom. The molecule has 0 spiro atoms. The first-order chi connectivity index (χ1) is 11.6. The van der Waals surface area contributed by atoms with Crippen molar-refractivity contribution >= 4 is 11.8 Å². The predicted octanol–water partition coefficient (Wildman–Crippen LogP) is 1.98. The minimum absolute atomic E-state index is 0.0133. The Bertz CT molecular complexity index is 501. The van der Waals surface area contributed by atoms with Crippen LogP contribution in [0.3, 0.4) is 0 Å². The highest BCUT2D eigenvalue weighted by atomic mass is 16.2. The Balaban J connectivity index is 1.49. The zero-order valence-electron chi connectivity index (χ0n) is 14.9. The molecule has 1 aliphatic carbocycles. The molecule has 3 aliphatic rings. The number of hydrogen-bond donors (Lipinski definition) is 2. The molecular weight excluding hydrogens is 302 g/mol. The molecule has 0 bridgehead atoms. The molecule has 5 nitrogen and oxygen atoms in total. The molecule has 24 heavy (non-hydrogen) atoms. The van der Waals surface area contributed by atoms with Crippen LogP contribution in [0.5, 0.6) is 0 Å². The van der Waals surface area contributed by atoms with Crippen LogP contribution in [0.2, 0.25) is 0 Å². The van der Waals surface area contributed by atoms with Gasteiger partial charge in [0.25, 0.3) is 0 Å². The van der Waals surface area contributed by atoms with Gasteiger partial charge < -0.3 is 15.5 Å². The minimum atomic E-state index is -0.0133. The minimum Gasteiger partial charge on any atom is -0.354 e. The number of amides is 2. The van der Waals surface area contributed by atoms with E-state index in [1.807, 2.05) is 11.8 Å². The molecule has 5 heteroatoms. The highest BCUT2D eigenvalue weighted by Crippen LogP contribution is 2.28. The molecule has 2 N–H and O–H groups in total. The number of rotatable bonds is 4. The van der Waals surface area contributed by atoms with E-state index in [1.165, 1.54) is 18.4 Å². The normalized spacial score (nSPS) is 27.4. The molecule has 134 valence electrons. The lowest BCUT2D eigenvalue weighted by molar-refractivity contribution is -0.128. The molecule has 0 aromatic carbocycles. The predicted molar refractivity (Wildman–Crippen MR) is 94.5 cm³/mol.